The third kappa shape index (κ3) is 2.54. The number of benzene rings is 1. The van der Waals surface area contributed by atoms with E-state index in [1.807, 2.05) is 47.6 Å². The van der Waals surface area contributed by atoms with Gasteiger partial charge in [0.2, 0.25) is 0 Å². The molecule has 2 aromatic heterocycles. The molecule has 3 aromatic rings. The van der Waals surface area contributed by atoms with Crippen LogP contribution in [-0.4, -0.2) is 24.5 Å². The van der Waals surface area contributed by atoms with Gasteiger partial charge in [-0.3, -0.25) is 9.25 Å². The van der Waals surface area contributed by atoms with Crippen LogP contribution in [0.3, 0.4) is 0 Å². The Labute approximate surface area is 117 Å². The molecule has 0 atom stereocenters. The number of aromatic nitrogens is 5. The Hall–Kier alpha value is -2.63. The van der Waals surface area contributed by atoms with Gasteiger partial charge >= 0.3 is 0 Å². The van der Waals surface area contributed by atoms with Crippen LogP contribution in [-0.2, 0) is 13.6 Å². The molecule has 2 heterocycles. The molecule has 6 nitrogen and oxygen atoms in total. The van der Waals surface area contributed by atoms with Crippen LogP contribution >= 0.6 is 0 Å². The highest BCUT2D eigenvalue weighted by Gasteiger charge is 2.03. The molecule has 0 spiro atoms. The van der Waals surface area contributed by atoms with Crippen LogP contribution in [0.15, 0.2) is 43.1 Å². The van der Waals surface area contributed by atoms with Crippen molar-refractivity contribution < 1.29 is 0 Å². The maximum atomic E-state index is 4.34. The third-order valence-corrected chi connectivity index (χ3v) is 3.16. The van der Waals surface area contributed by atoms with Crippen molar-refractivity contribution in [2.75, 3.05) is 5.32 Å². The maximum absolute atomic E-state index is 4.34. The van der Waals surface area contributed by atoms with Gasteiger partial charge in [-0.05, 0) is 25.1 Å². The lowest BCUT2D eigenvalue weighted by Crippen LogP contribution is -2.00. The van der Waals surface area contributed by atoms with E-state index in [9.17, 15) is 0 Å². The molecule has 102 valence electrons. The minimum Gasteiger partial charge on any atom is -0.381 e. The van der Waals surface area contributed by atoms with Crippen molar-refractivity contribution in [3.63, 3.8) is 0 Å². The topological polar surface area (TPSA) is 60.6 Å². The molecule has 0 radical (unpaired) electrons. The smallest absolute Gasteiger partial charge is 0.123 e. The Kier molecular flexibility index (Phi) is 3.20. The van der Waals surface area contributed by atoms with Crippen molar-refractivity contribution in [1.29, 1.82) is 0 Å². The third-order valence-electron chi connectivity index (χ3n) is 3.16. The predicted octanol–water partition coefficient (Wildman–Crippen LogP) is 1.92. The van der Waals surface area contributed by atoms with Gasteiger partial charge in [-0.25, -0.2) is 0 Å². The predicted molar refractivity (Wildman–Crippen MR) is 76.6 cm³/mol. The summed E-state index contributed by atoms with van der Waals surface area (Å²) in [7, 11) is 1.93. The lowest BCUT2D eigenvalue weighted by atomic mass is 10.2. The Morgan fingerprint density at radius 3 is 2.70 bits per heavy atom. The Balaban J connectivity index is 1.75. The van der Waals surface area contributed by atoms with E-state index >= 15 is 0 Å². The molecular weight excluding hydrogens is 252 g/mol. The Morgan fingerprint density at radius 1 is 1.20 bits per heavy atom. The molecule has 1 aromatic carbocycles. The van der Waals surface area contributed by atoms with Crippen molar-refractivity contribution in [1.82, 2.24) is 24.5 Å². The number of aryl methyl sites for hydroxylation is 2. The maximum Gasteiger partial charge on any atom is 0.123 e. The van der Waals surface area contributed by atoms with Gasteiger partial charge in [0.05, 0.1) is 11.4 Å². The second kappa shape index (κ2) is 5.16. The average molecular weight is 268 g/mol. The minimum atomic E-state index is 0.755. The largest absolute Gasteiger partial charge is 0.381 e. The molecule has 0 bridgehead atoms. The van der Waals surface area contributed by atoms with E-state index in [-0.39, 0.29) is 0 Å². The second-order valence-corrected chi connectivity index (χ2v) is 4.69. The number of anilines is 1. The zero-order valence-corrected chi connectivity index (χ0v) is 11.5. The first-order chi connectivity index (χ1) is 9.72. The molecule has 6 heteroatoms. The van der Waals surface area contributed by atoms with Crippen molar-refractivity contribution >= 4 is 5.69 Å². The molecule has 3 rings (SSSR count). The summed E-state index contributed by atoms with van der Waals surface area (Å²) < 4.78 is 3.71. The number of nitrogens with zero attached hydrogens (tertiary/aromatic N) is 5. The van der Waals surface area contributed by atoms with Crippen LogP contribution in [0.5, 0.6) is 0 Å². The van der Waals surface area contributed by atoms with Crippen molar-refractivity contribution in [2.45, 2.75) is 13.5 Å². The van der Waals surface area contributed by atoms with Crippen molar-refractivity contribution in [2.24, 2.45) is 7.05 Å². The van der Waals surface area contributed by atoms with Gasteiger partial charge in [-0.2, -0.15) is 5.10 Å². The molecule has 0 unspecified atom stereocenters. The number of nitrogens with one attached hydrogen (secondary N) is 1. The molecule has 20 heavy (non-hydrogen) atoms. The number of rotatable bonds is 4. The molecule has 1 N–H and O–H groups in total. The number of hydrogen-bond donors (Lipinski definition) is 1. The summed E-state index contributed by atoms with van der Waals surface area (Å²) >= 11 is 0. The minimum absolute atomic E-state index is 0.755. The van der Waals surface area contributed by atoms with E-state index in [1.54, 1.807) is 12.7 Å². The van der Waals surface area contributed by atoms with E-state index < -0.39 is 0 Å². The van der Waals surface area contributed by atoms with Gasteiger partial charge in [-0.15, -0.1) is 10.2 Å². The van der Waals surface area contributed by atoms with E-state index in [4.69, 9.17) is 0 Å². The van der Waals surface area contributed by atoms with Gasteiger partial charge in [0.25, 0.3) is 0 Å². The van der Waals surface area contributed by atoms with E-state index in [2.05, 4.69) is 26.7 Å². The molecule has 0 saturated carbocycles. The van der Waals surface area contributed by atoms with Gasteiger partial charge < -0.3 is 5.32 Å². The fourth-order valence-corrected chi connectivity index (χ4v) is 2.13. The summed E-state index contributed by atoms with van der Waals surface area (Å²) in [5, 5.41) is 15.4. The molecule has 0 aliphatic carbocycles. The molecule has 0 amide bonds. The first-order valence-corrected chi connectivity index (χ1v) is 6.40. The highest BCUT2D eigenvalue weighted by atomic mass is 15.3. The molecular formula is C14H16N6. The standard InChI is InChI=1S/C14H16N6/c1-11-12(8-19(2)18-11)7-15-13-4-3-5-14(6-13)20-9-16-17-10-20/h3-6,8-10,15H,7H2,1-2H3. The van der Waals surface area contributed by atoms with Crippen LogP contribution in [0, 0.1) is 6.92 Å². The van der Waals surface area contributed by atoms with E-state index in [0.29, 0.717) is 0 Å². The summed E-state index contributed by atoms with van der Waals surface area (Å²) in [5.41, 5.74) is 4.33. The van der Waals surface area contributed by atoms with Gasteiger partial charge in [0.15, 0.2) is 0 Å². The molecule has 0 aliphatic heterocycles. The number of hydrogen-bond acceptors (Lipinski definition) is 4. The summed E-state index contributed by atoms with van der Waals surface area (Å²) in [6.07, 6.45) is 5.40. The molecule has 0 aliphatic rings. The molecule has 0 saturated heterocycles. The monoisotopic (exact) mass is 268 g/mol. The SMILES string of the molecule is Cc1nn(C)cc1CNc1cccc(-n2cnnc2)c1. The highest BCUT2D eigenvalue weighted by Crippen LogP contribution is 2.15. The molecule has 0 fully saturated rings. The zero-order valence-electron chi connectivity index (χ0n) is 11.5. The first kappa shape index (κ1) is 12.4. The van der Waals surface area contributed by atoms with Crippen LogP contribution in [0.2, 0.25) is 0 Å². The van der Waals surface area contributed by atoms with Gasteiger partial charge in [-0.1, -0.05) is 6.07 Å². The van der Waals surface area contributed by atoms with Crippen LogP contribution in [0.1, 0.15) is 11.3 Å². The van der Waals surface area contributed by atoms with E-state index in [1.165, 1.54) is 5.56 Å². The van der Waals surface area contributed by atoms with Crippen LogP contribution in [0.4, 0.5) is 5.69 Å². The van der Waals surface area contributed by atoms with Crippen molar-refractivity contribution in [3.05, 3.63) is 54.4 Å². The normalized spacial score (nSPS) is 10.7. The summed E-state index contributed by atoms with van der Waals surface area (Å²) in [5.74, 6) is 0. The van der Waals surface area contributed by atoms with E-state index in [0.717, 1.165) is 23.6 Å². The first-order valence-electron chi connectivity index (χ1n) is 6.40. The summed E-state index contributed by atoms with van der Waals surface area (Å²) in [4.78, 5) is 0. The Bertz CT molecular complexity index is 698. The second-order valence-electron chi connectivity index (χ2n) is 4.69. The van der Waals surface area contributed by atoms with Crippen molar-refractivity contribution in [3.8, 4) is 5.69 Å². The quantitative estimate of drug-likeness (QED) is 0.785. The lowest BCUT2D eigenvalue weighted by Gasteiger charge is -2.08. The van der Waals surface area contributed by atoms with Gasteiger partial charge in [0.1, 0.15) is 12.7 Å². The fraction of sp³-hybridized carbons (Fsp3) is 0.214. The Morgan fingerprint density at radius 2 is 2.00 bits per heavy atom. The highest BCUT2D eigenvalue weighted by molar-refractivity contribution is 5.51. The van der Waals surface area contributed by atoms with Crippen LogP contribution in [0.25, 0.3) is 5.69 Å². The van der Waals surface area contributed by atoms with Gasteiger partial charge in [0, 0.05) is 31.0 Å². The van der Waals surface area contributed by atoms with Crippen LogP contribution < -0.4 is 5.32 Å². The lowest BCUT2D eigenvalue weighted by molar-refractivity contribution is 0.756. The summed E-state index contributed by atoms with van der Waals surface area (Å²) in [6, 6.07) is 8.13. The fourth-order valence-electron chi connectivity index (χ4n) is 2.13. The summed E-state index contributed by atoms with van der Waals surface area (Å²) in [6.45, 7) is 2.77. The average Bonchev–Trinajstić information content (AvgIpc) is 3.07. The zero-order chi connectivity index (χ0) is 13.9.